The van der Waals surface area contributed by atoms with Crippen molar-refractivity contribution in [2.24, 2.45) is 0 Å². The predicted octanol–water partition coefficient (Wildman–Crippen LogP) is -3.70. The average Bonchev–Trinajstić information content (AvgIpc) is 0.811. The molecule has 0 spiro atoms. The fraction of sp³-hybridized carbons (Fsp3) is 0. The molecule has 0 heterocycles. The second kappa shape index (κ2) is 24.6. The Labute approximate surface area is 73.4 Å². The maximum Gasteiger partial charge on any atom is 1.00 e. The van der Waals surface area contributed by atoms with Crippen LogP contribution in [0.25, 0.3) is 0 Å². The normalized spacial score (nSPS) is 4.38. The van der Waals surface area contributed by atoms with Crippen LogP contribution in [0.3, 0.4) is 0 Å². The molecule has 0 fully saturated rings. The van der Waals surface area contributed by atoms with Gasteiger partial charge in [0, 0.05) is 0 Å². The van der Waals surface area contributed by atoms with E-state index in [4.69, 9.17) is 13.3 Å². The largest absolute Gasteiger partial charge is 1.00 e. The summed E-state index contributed by atoms with van der Waals surface area (Å²) in [5, 5.41) is 0. The standard InChI is InChI=1S/2H3N.Na.H2O3S.H2O.H/c;;;1-4(2)3;;/h2*1H3;;(H2,1,2,3);1H2;/q;;+1;;;-1. The Balaban J connectivity index is -0.00000000450. The summed E-state index contributed by atoms with van der Waals surface area (Å²) in [5.74, 6) is 0. The van der Waals surface area contributed by atoms with Crippen LogP contribution < -0.4 is 41.9 Å². The fourth-order valence-electron chi connectivity index (χ4n) is 0. The first-order valence-electron chi connectivity index (χ1n) is 0.532. The molecule has 0 aliphatic carbocycles. The van der Waals surface area contributed by atoms with Gasteiger partial charge in [0.05, 0.1) is 0 Å². The van der Waals surface area contributed by atoms with E-state index in [1.165, 1.54) is 0 Å². The number of rotatable bonds is 0. The Kier molecular flexibility index (Phi) is 112. The molecule has 6 nitrogen and oxygen atoms in total. The minimum absolute atomic E-state index is 0. The summed E-state index contributed by atoms with van der Waals surface area (Å²) in [5.41, 5.74) is 0. The van der Waals surface area contributed by atoms with Crippen molar-refractivity contribution >= 4 is 11.4 Å². The fourth-order valence-corrected chi connectivity index (χ4v) is 0. The van der Waals surface area contributed by atoms with Crippen molar-refractivity contribution in [1.29, 1.82) is 0 Å². The van der Waals surface area contributed by atoms with Crippen molar-refractivity contribution in [1.82, 2.24) is 12.3 Å². The maximum absolute atomic E-state index is 8.67. The molecule has 0 aromatic heterocycles. The molecule has 8 heavy (non-hydrogen) atoms. The van der Waals surface area contributed by atoms with Gasteiger partial charge in [-0.2, -0.15) is 4.21 Å². The molecule has 0 saturated carbocycles. The van der Waals surface area contributed by atoms with Gasteiger partial charge >= 0.3 is 29.6 Å². The molecule has 10 N–H and O–H groups in total. The van der Waals surface area contributed by atoms with Gasteiger partial charge in [-0.25, -0.2) is 0 Å². The predicted molar refractivity (Wildman–Crippen MR) is 28.2 cm³/mol. The molecule has 0 radical (unpaired) electrons. The molecular weight excluding hydrogens is 147 g/mol. The molecule has 0 saturated heterocycles. The summed E-state index contributed by atoms with van der Waals surface area (Å²) in [4.78, 5) is 0. The van der Waals surface area contributed by atoms with E-state index in [1.807, 2.05) is 0 Å². The number of hydrogen-bond acceptors (Lipinski definition) is 3. The van der Waals surface area contributed by atoms with Gasteiger partial charge in [-0.3, -0.25) is 9.11 Å². The molecular formula is H11N2NaO4S. The van der Waals surface area contributed by atoms with Crippen molar-refractivity contribution in [3.05, 3.63) is 0 Å². The zero-order valence-corrected chi connectivity index (χ0v) is 7.44. The van der Waals surface area contributed by atoms with Gasteiger partial charge in [-0.15, -0.1) is 0 Å². The Morgan fingerprint density at radius 3 is 1.25 bits per heavy atom. The second-order valence-electron chi connectivity index (χ2n) is 0.231. The molecule has 0 aliphatic rings. The van der Waals surface area contributed by atoms with Crippen LogP contribution in [-0.4, -0.2) is 18.8 Å². The van der Waals surface area contributed by atoms with E-state index in [2.05, 4.69) is 0 Å². The first-order valence-corrected chi connectivity index (χ1v) is 1.60. The van der Waals surface area contributed by atoms with Crippen LogP contribution in [0.1, 0.15) is 1.43 Å². The van der Waals surface area contributed by atoms with Crippen LogP contribution in [0, 0.1) is 0 Å². The second-order valence-corrected chi connectivity index (χ2v) is 0.692. The first-order chi connectivity index (χ1) is 1.73. The van der Waals surface area contributed by atoms with E-state index in [-0.39, 0.29) is 48.8 Å². The smallest absolute Gasteiger partial charge is 1.00 e. The molecule has 0 aliphatic heterocycles. The minimum Gasteiger partial charge on any atom is -1.00 e. The summed E-state index contributed by atoms with van der Waals surface area (Å²) in [6.07, 6.45) is 0. The molecule has 0 unspecified atom stereocenters. The maximum atomic E-state index is 8.67. The van der Waals surface area contributed by atoms with Gasteiger partial charge in [0.15, 0.2) is 0 Å². The third-order valence-corrected chi connectivity index (χ3v) is 0. The van der Waals surface area contributed by atoms with Gasteiger partial charge in [0.2, 0.25) is 0 Å². The topological polar surface area (TPSA) is 159 Å². The summed E-state index contributed by atoms with van der Waals surface area (Å²) >= 11 is -2.61. The molecule has 0 rings (SSSR count). The van der Waals surface area contributed by atoms with Gasteiger partial charge in [-0.1, -0.05) is 0 Å². The molecule has 52 valence electrons. The molecule has 0 bridgehead atoms. The van der Waals surface area contributed by atoms with E-state index in [0.717, 1.165) is 0 Å². The summed E-state index contributed by atoms with van der Waals surface area (Å²) < 4.78 is 22.8. The van der Waals surface area contributed by atoms with Crippen LogP contribution in [0.4, 0.5) is 0 Å². The van der Waals surface area contributed by atoms with Gasteiger partial charge in [-0.05, 0) is 0 Å². The number of hydrogen-bond donors (Lipinski definition) is 4. The monoisotopic (exact) mass is 158 g/mol. The van der Waals surface area contributed by atoms with Crippen molar-refractivity contribution < 1.29 is 49.8 Å². The summed E-state index contributed by atoms with van der Waals surface area (Å²) in [7, 11) is 0. The molecule has 0 aromatic rings. The zero-order chi connectivity index (χ0) is 3.58. The van der Waals surface area contributed by atoms with Crippen molar-refractivity contribution in [2.45, 2.75) is 0 Å². The van der Waals surface area contributed by atoms with Gasteiger partial charge in [0.1, 0.15) is 0 Å². The van der Waals surface area contributed by atoms with Crippen LogP contribution in [0.15, 0.2) is 0 Å². The Morgan fingerprint density at radius 2 is 1.25 bits per heavy atom. The van der Waals surface area contributed by atoms with E-state index < -0.39 is 11.4 Å². The van der Waals surface area contributed by atoms with Crippen LogP contribution in [-0.2, 0) is 11.4 Å². The van der Waals surface area contributed by atoms with Gasteiger partial charge < -0.3 is 19.2 Å². The quantitative estimate of drug-likeness (QED) is 0.210. The molecule has 0 atom stereocenters. The van der Waals surface area contributed by atoms with Crippen LogP contribution in [0.5, 0.6) is 0 Å². The van der Waals surface area contributed by atoms with Crippen LogP contribution >= 0.6 is 0 Å². The Hall–Kier alpha value is 0.950. The molecule has 8 heteroatoms. The van der Waals surface area contributed by atoms with Crippen molar-refractivity contribution in [3.8, 4) is 0 Å². The van der Waals surface area contributed by atoms with Crippen molar-refractivity contribution in [3.63, 3.8) is 0 Å². The minimum atomic E-state index is -2.61. The summed E-state index contributed by atoms with van der Waals surface area (Å²) in [6, 6.07) is 0. The third kappa shape index (κ3) is 273. The van der Waals surface area contributed by atoms with E-state index >= 15 is 0 Å². The van der Waals surface area contributed by atoms with Crippen LogP contribution in [0.2, 0.25) is 0 Å². The van der Waals surface area contributed by atoms with Gasteiger partial charge in [0.25, 0.3) is 11.4 Å². The molecule has 0 amide bonds. The van der Waals surface area contributed by atoms with E-state index in [0.29, 0.717) is 0 Å². The Morgan fingerprint density at radius 1 is 1.25 bits per heavy atom. The first kappa shape index (κ1) is 36.3. The Bertz CT molecular complexity index is 41.5. The van der Waals surface area contributed by atoms with Crippen molar-refractivity contribution in [2.75, 3.05) is 0 Å². The summed E-state index contributed by atoms with van der Waals surface area (Å²) in [6.45, 7) is 0. The SMILES string of the molecule is N.N.O.O=S(O)O.[H-].[Na+]. The zero-order valence-electron chi connectivity index (χ0n) is 5.63. The third-order valence-electron chi connectivity index (χ3n) is 0. The average molecular weight is 158 g/mol. The van der Waals surface area contributed by atoms with E-state index in [9.17, 15) is 0 Å². The van der Waals surface area contributed by atoms with E-state index in [1.54, 1.807) is 0 Å². The molecule has 0 aromatic carbocycles.